The minimum Gasteiger partial charge on any atom is -0.326 e. The number of fused-ring (bicyclic) bond motifs is 1. The number of alkyl halides is 6. The Morgan fingerprint density at radius 3 is 2.03 bits per heavy atom. The highest BCUT2D eigenvalue weighted by molar-refractivity contribution is 7.90. The number of anilines is 1. The van der Waals surface area contributed by atoms with Crippen LogP contribution in [0, 0.1) is 6.92 Å². The van der Waals surface area contributed by atoms with Crippen molar-refractivity contribution in [2.45, 2.75) is 51.9 Å². The first kappa shape index (κ1) is 30.9. The molecule has 0 aliphatic carbocycles. The third-order valence-electron chi connectivity index (χ3n) is 4.53. The molecule has 0 radical (unpaired) electrons. The van der Waals surface area contributed by atoms with Crippen molar-refractivity contribution in [2.24, 2.45) is 7.05 Å². The highest BCUT2D eigenvalue weighted by atomic mass is 32.2. The summed E-state index contributed by atoms with van der Waals surface area (Å²) >= 11 is 0. The van der Waals surface area contributed by atoms with Crippen LogP contribution in [0.1, 0.15) is 39.0 Å². The monoisotopic (exact) mass is 540 g/mol. The zero-order valence-electron chi connectivity index (χ0n) is 20.6. The van der Waals surface area contributed by atoms with Crippen molar-refractivity contribution < 1.29 is 39.6 Å². The predicted octanol–water partition coefficient (Wildman–Crippen LogP) is 5.92. The molecule has 36 heavy (non-hydrogen) atoms. The number of halogens is 6. The van der Waals surface area contributed by atoms with Crippen LogP contribution in [0.25, 0.3) is 22.4 Å². The number of amides is 1. The largest absolute Gasteiger partial charge is 0.471 e. The fourth-order valence-electron chi connectivity index (χ4n) is 2.98. The Bertz CT molecular complexity index is 1350. The molecule has 7 nitrogen and oxygen atoms in total. The summed E-state index contributed by atoms with van der Waals surface area (Å²) in [6, 6.07) is 2.73. The Balaban J connectivity index is 0.00000154. The Hall–Kier alpha value is -3.16. The lowest BCUT2D eigenvalue weighted by molar-refractivity contribution is -0.167. The van der Waals surface area contributed by atoms with E-state index < -0.39 is 44.4 Å². The van der Waals surface area contributed by atoms with Gasteiger partial charge in [-0.1, -0.05) is 27.7 Å². The van der Waals surface area contributed by atoms with Crippen LogP contribution in [0.15, 0.2) is 29.3 Å². The van der Waals surface area contributed by atoms with Gasteiger partial charge in [-0.25, -0.2) is 18.4 Å². The first-order valence-electron chi connectivity index (χ1n) is 10.6. The molecule has 0 fully saturated rings. The van der Waals surface area contributed by atoms with E-state index in [9.17, 15) is 39.6 Å². The van der Waals surface area contributed by atoms with Gasteiger partial charge in [0.05, 0.1) is 22.1 Å². The van der Waals surface area contributed by atoms with Crippen LogP contribution < -0.4 is 5.32 Å². The summed E-state index contributed by atoms with van der Waals surface area (Å²) in [5.41, 5.74) is -1.53. The minimum atomic E-state index is -5.20. The number of hydrogen-bond donors (Lipinski definition) is 1. The van der Waals surface area contributed by atoms with E-state index in [1.54, 1.807) is 5.32 Å². The molecule has 0 atom stereocenters. The van der Waals surface area contributed by atoms with E-state index in [2.05, 4.69) is 9.97 Å². The lowest BCUT2D eigenvalue weighted by Gasteiger charge is -2.15. The maximum absolute atomic E-state index is 13.0. The maximum Gasteiger partial charge on any atom is 0.471 e. The zero-order chi connectivity index (χ0) is 28.2. The molecule has 1 amide bonds. The molecule has 0 spiro atoms. The van der Waals surface area contributed by atoms with Gasteiger partial charge < -0.3 is 9.88 Å². The molecule has 3 aromatic rings. The molecule has 3 rings (SSSR count). The Kier molecular flexibility index (Phi) is 9.66. The zero-order valence-corrected chi connectivity index (χ0v) is 21.4. The summed E-state index contributed by atoms with van der Waals surface area (Å²) in [5, 5.41) is 1.62. The topological polar surface area (TPSA) is 93.9 Å². The van der Waals surface area contributed by atoms with E-state index in [0.717, 1.165) is 18.5 Å². The normalized spacial score (nSPS) is 11.8. The lowest BCUT2D eigenvalue weighted by Crippen LogP contribution is -2.30. The number of benzene rings is 1. The molecule has 0 unspecified atom stereocenters. The van der Waals surface area contributed by atoms with E-state index in [1.807, 2.05) is 27.7 Å². The summed E-state index contributed by atoms with van der Waals surface area (Å²) in [4.78, 5) is 18.3. The van der Waals surface area contributed by atoms with Crippen LogP contribution in [0.5, 0.6) is 0 Å². The number of rotatable bonds is 3. The quantitative estimate of drug-likeness (QED) is 0.417. The number of nitrogens with one attached hydrogen (secondary N) is 1. The first-order valence-corrected chi connectivity index (χ1v) is 12.5. The second kappa shape index (κ2) is 11.3. The highest BCUT2D eigenvalue weighted by Gasteiger charge is 2.39. The van der Waals surface area contributed by atoms with E-state index in [4.69, 9.17) is 0 Å². The number of aromatic nitrogens is 3. The second-order valence-corrected chi connectivity index (χ2v) is 8.92. The van der Waals surface area contributed by atoms with E-state index in [-0.39, 0.29) is 28.0 Å². The standard InChI is InChI=1S/C18H14F6N4O3S.2C2H6/c1-8-4-9(13(32(3,30)31)5-10(8)27-16(29)18(22,23)24)15-26-11-6-14(17(19,20)21)25-7-12(11)28(15)2;2*1-2/h4-7H,1-3H3,(H,27,29);2*1-2H3. The number of carbonyl (C=O) groups is 1. The van der Waals surface area contributed by atoms with Crippen LogP contribution in [-0.4, -0.2) is 41.3 Å². The number of hydrogen-bond acceptors (Lipinski definition) is 5. The van der Waals surface area contributed by atoms with Gasteiger partial charge in [0.2, 0.25) is 0 Å². The molecule has 0 aliphatic rings. The van der Waals surface area contributed by atoms with Crippen molar-refractivity contribution in [1.29, 1.82) is 0 Å². The van der Waals surface area contributed by atoms with Crippen molar-refractivity contribution >= 4 is 32.5 Å². The Morgan fingerprint density at radius 2 is 1.56 bits per heavy atom. The van der Waals surface area contributed by atoms with Gasteiger partial charge in [0.25, 0.3) is 0 Å². The van der Waals surface area contributed by atoms with Crippen LogP contribution in [-0.2, 0) is 27.9 Å². The molecule has 14 heteroatoms. The number of imidazole rings is 1. The molecular formula is C22H26F6N4O3S. The molecule has 1 aromatic carbocycles. The van der Waals surface area contributed by atoms with Crippen LogP contribution >= 0.6 is 0 Å². The number of sulfone groups is 1. The molecule has 0 saturated carbocycles. The van der Waals surface area contributed by atoms with Gasteiger partial charge >= 0.3 is 18.3 Å². The molecule has 2 heterocycles. The Morgan fingerprint density at radius 1 is 1.00 bits per heavy atom. The summed E-state index contributed by atoms with van der Waals surface area (Å²) < 4.78 is 103. The van der Waals surface area contributed by atoms with Crippen molar-refractivity contribution in [2.75, 3.05) is 11.6 Å². The number of carbonyl (C=O) groups excluding carboxylic acids is 1. The average molecular weight is 541 g/mol. The van der Waals surface area contributed by atoms with Gasteiger partial charge in [-0.05, 0) is 30.7 Å². The molecule has 0 saturated heterocycles. The van der Waals surface area contributed by atoms with E-state index in [0.29, 0.717) is 6.07 Å². The second-order valence-electron chi connectivity index (χ2n) is 6.94. The van der Waals surface area contributed by atoms with Crippen molar-refractivity contribution in [3.05, 3.63) is 35.7 Å². The van der Waals surface area contributed by atoms with Gasteiger partial charge in [-0.3, -0.25) is 4.79 Å². The minimum absolute atomic E-state index is 0.0571. The summed E-state index contributed by atoms with van der Waals surface area (Å²) in [7, 11) is -2.64. The van der Waals surface area contributed by atoms with Crippen LogP contribution in [0.3, 0.4) is 0 Å². The average Bonchev–Trinajstić information content (AvgIpc) is 3.11. The number of pyridine rings is 1. The van der Waals surface area contributed by atoms with Crippen LogP contribution in [0.4, 0.5) is 32.0 Å². The van der Waals surface area contributed by atoms with E-state index >= 15 is 0 Å². The van der Waals surface area contributed by atoms with Crippen molar-refractivity contribution in [1.82, 2.24) is 14.5 Å². The highest BCUT2D eigenvalue weighted by Crippen LogP contribution is 2.35. The number of nitrogens with zero attached hydrogens (tertiary/aromatic N) is 3. The molecule has 0 aliphatic heterocycles. The van der Waals surface area contributed by atoms with Gasteiger partial charge in [0, 0.05) is 24.6 Å². The SMILES string of the molecule is CC.CC.Cc1cc(-c2nc3cc(C(F)(F)F)ncc3n2C)c(S(C)(=O)=O)cc1NC(=O)C(F)(F)F. The van der Waals surface area contributed by atoms with Crippen LogP contribution in [0.2, 0.25) is 0 Å². The fraction of sp³-hybridized carbons (Fsp3) is 0.409. The number of aryl methyl sites for hydroxylation is 2. The fourth-order valence-corrected chi connectivity index (χ4v) is 3.86. The molecular weight excluding hydrogens is 514 g/mol. The summed E-state index contributed by atoms with van der Waals surface area (Å²) in [5.74, 6) is -2.35. The lowest BCUT2D eigenvalue weighted by atomic mass is 10.1. The third kappa shape index (κ3) is 6.74. The predicted molar refractivity (Wildman–Crippen MR) is 124 cm³/mol. The third-order valence-corrected chi connectivity index (χ3v) is 5.67. The van der Waals surface area contributed by atoms with E-state index in [1.165, 1.54) is 24.6 Å². The van der Waals surface area contributed by atoms with Gasteiger partial charge in [0.15, 0.2) is 9.84 Å². The van der Waals surface area contributed by atoms with Crippen molar-refractivity contribution in [3.8, 4) is 11.4 Å². The molecule has 2 aromatic heterocycles. The summed E-state index contributed by atoms with van der Waals surface area (Å²) in [6.45, 7) is 9.33. The van der Waals surface area contributed by atoms with Gasteiger partial charge in [0.1, 0.15) is 11.5 Å². The first-order chi connectivity index (χ1) is 16.5. The Labute approximate surface area is 204 Å². The van der Waals surface area contributed by atoms with Gasteiger partial charge in [-0.15, -0.1) is 0 Å². The molecule has 200 valence electrons. The molecule has 1 N–H and O–H groups in total. The molecule has 0 bridgehead atoms. The summed E-state index contributed by atoms with van der Waals surface area (Å²) in [6.07, 6.45) is -8.20. The van der Waals surface area contributed by atoms with Crippen molar-refractivity contribution in [3.63, 3.8) is 0 Å². The maximum atomic E-state index is 13.0. The smallest absolute Gasteiger partial charge is 0.326 e. The van der Waals surface area contributed by atoms with Gasteiger partial charge in [-0.2, -0.15) is 26.3 Å².